The molecule has 1 aliphatic rings. The average Bonchev–Trinajstić information content (AvgIpc) is 2.93. The van der Waals surface area contributed by atoms with Gasteiger partial charge in [0.2, 0.25) is 0 Å². The minimum absolute atomic E-state index is 0.0334. The van der Waals surface area contributed by atoms with E-state index >= 15 is 0 Å². The number of hydrogen-bond acceptors (Lipinski definition) is 7. The Kier molecular flexibility index (Phi) is 5.66. The number of benzene rings is 2. The van der Waals surface area contributed by atoms with Crippen molar-refractivity contribution in [2.24, 2.45) is 0 Å². The third-order valence-electron chi connectivity index (χ3n) is 3.91. The Bertz CT molecular complexity index is 1090. The van der Waals surface area contributed by atoms with Crippen LogP contribution in [0.5, 0.6) is 5.75 Å². The molecule has 3 rings (SSSR count). The molecular formula is C18H10IN3O5S. The molecule has 0 aliphatic carbocycles. The number of amides is 2. The van der Waals surface area contributed by atoms with E-state index in [1.165, 1.54) is 12.1 Å². The molecule has 0 spiro atoms. The number of nitriles is 1. The van der Waals surface area contributed by atoms with Crippen LogP contribution in [0, 0.1) is 25.0 Å². The Balaban J connectivity index is 1.94. The van der Waals surface area contributed by atoms with Crippen molar-refractivity contribution in [3.63, 3.8) is 0 Å². The van der Waals surface area contributed by atoms with E-state index in [4.69, 9.17) is 5.26 Å². The summed E-state index contributed by atoms with van der Waals surface area (Å²) in [7, 11) is 0. The number of aromatic hydroxyl groups is 1. The fourth-order valence-corrected chi connectivity index (χ4v) is 4.00. The number of phenols is 1. The van der Waals surface area contributed by atoms with Crippen molar-refractivity contribution in [3.05, 3.63) is 71.7 Å². The topological polar surface area (TPSA) is 125 Å². The molecule has 1 aliphatic heterocycles. The van der Waals surface area contributed by atoms with Crippen LogP contribution in [0.3, 0.4) is 0 Å². The van der Waals surface area contributed by atoms with Crippen LogP contribution < -0.4 is 0 Å². The van der Waals surface area contributed by atoms with Crippen LogP contribution >= 0.6 is 34.4 Å². The van der Waals surface area contributed by atoms with E-state index in [1.54, 1.807) is 46.9 Å². The van der Waals surface area contributed by atoms with E-state index in [1.807, 2.05) is 6.07 Å². The molecule has 8 nitrogen and oxygen atoms in total. The fraction of sp³-hybridized carbons (Fsp3) is 0.0556. The average molecular weight is 507 g/mol. The van der Waals surface area contributed by atoms with Gasteiger partial charge in [-0.05, 0) is 52.1 Å². The van der Waals surface area contributed by atoms with E-state index < -0.39 is 16.1 Å². The number of carbonyl (C=O) groups excluding carboxylic acids is 2. The maximum atomic E-state index is 12.7. The molecule has 0 aromatic heterocycles. The SMILES string of the molecule is N#Cc1ccccc1CN1C(=O)S/C(=C/c2cc([N+](=O)[O-])cc(I)c2O)C1=O. The lowest BCUT2D eigenvalue weighted by atomic mass is 10.1. The van der Waals surface area contributed by atoms with Gasteiger partial charge in [0.15, 0.2) is 0 Å². The number of carbonyl (C=O) groups is 2. The molecule has 10 heteroatoms. The maximum Gasteiger partial charge on any atom is 0.293 e. The van der Waals surface area contributed by atoms with Gasteiger partial charge in [-0.1, -0.05) is 18.2 Å². The molecule has 0 radical (unpaired) electrons. The molecule has 0 atom stereocenters. The van der Waals surface area contributed by atoms with Crippen molar-refractivity contribution in [2.45, 2.75) is 6.54 Å². The highest BCUT2D eigenvalue weighted by molar-refractivity contribution is 14.1. The number of nitrogens with zero attached hydrogens (tertiary/aromatic N) is 3. The number of thioether (sulfide) groups is 1. The second-order valence-corrected chi connectivity index (χ2v) is 7.81. The molecule has 2 aromatic rings. The van der Waals surface area contributed by atoms with Gasteiger partial charge in [0.1, 0.15) is 5.75 Å². The highest BCUT2D eigenvalue weighted by Crippen LogP contribution is 2.37. The third-order valence-corrected chi connectivity index (χ3v) is 5.64. The summed E-state index contributed by atoms with van der Waals surface area (Å²) < 4.78 is 0.250. The summed E-state index contributed by atoms with van der Waals surface area (Å²) >= 11 is 2.42. The van der Waals surface area contributed by atoms with Crippen LogP contribution in [0.1, 0.15) is 16.7 Å². The zero-order valence-electron chi connectivity index (χ0n) is 14.0. The summed E-state index contributed by atoms with van der Waals surface area (Å²) in [6, 6.07) is 11.0. The van der Waals surface area contributed by atoms with E-state index in [-0.39, 0.29) is 32.0 Å². The van der Waals surface area contributed by atoms with Crippen LogP contribution in [0.2, 0.25) is 0 Å². The predicted molar refractivity (Wildman–Crippen MR) is 110 cm³/mol. The van der Waals surface area contributed by atoms with Gasteiger partial charge in [-0.25, -0.2) is 0 Å². The number of halogens is 1. The second-order valence-electron chi connectivity index (χ2n) is 5.66. The first kappa shape index (κ1) is 19.8. The smallest absolute Gasteiger partial charge is 0.293 e. The monoisotopic (exact) mass is 507 g/mol. The largest absolute Gasteiger partial charge is 0.506 e. The summed E-state index contributed by atoms with van der Waals surface area (Å²) in [5.41, 5.74) is 0.717. The molecule has 0 bridgehead atoms. The van der Waals surface area contributed by atoms with Gasteiger partial charge < -0.3 is 5.11 Å². The first-order valence-corrected chi connectivity index (χ1v) is 9.61. The van der Waals surface area contributed by atoms with Crippen molar-refractivity contribution in [3.8, 4) is 11.8 Å². The van der Waals surface area contributed by atoms with Crippen LogP contribution in [-0.4, -0.2) is 26.1 Å². The molecule has 2 aromatic carbocycles. The molecule has 1 fully saturated rings. The summed E-state index contributed by atoms with van der Waals surface area (Å²) in [4.78, 5) is 36.4. The number of nitro groups is 1. The van der Waals surface area contributed by atoms with Crippen LogP contribution in [0.25, 0.3) is 6.08 Å². The quantitative estimate of drug-likeness (QED) is 0.287. The van der Waals surface area contributed by atoms with E-state index in [9.17, 15) is 24.8 Å². The molecule has 140 valence electrons. The lowest BCUT2D eigenvalue weighted by molar-refractivity contribution is -0.385. The van der Waals surface area contributed by atoms with Crippen LogP contribution in [0.15, 0.2) is 41.3 Å². The summed E-state index contributed by atoms with van der Waals surface area (Å²) in [6.45, 7) is -0.0653. The normalized spacial score (nSPS) is 15.1. The van der Waals surface area contributed by atoms with Crippen molar-refractivity contribution in [2.75, 3.05) is 0 Å². The first-order chi connectivity index (χ1) is 13.3. The van der Waals surface area contributed by atoms with Crippen LogP contribution in [0.4, 0.5) is 10.5 Å². The molecule has 0 unspecified atom stereocenters. The number of imide groups is 1. The Morgan fingerprint density at radius 2 is 2.04 bits per heavy atom. The van der Waals surface area contributed by atoms with Gasteiger partial charge >= 0.3 is 0 Å². The van der Waals surface area contributed by atoms with Gasteiger partial charge in [0.25, 0.3) is 16.8 Å². The van der Waals surface area contributed by atoms with Crippen molar-refractivity contribution in [1.29, 1.82) is 5.26 Å². The summed E-state index contributed by atoms with van der Waals surface area (Å²) in [5, 5.41) is 29.8. The zero-order valence-corrected chi connectivity index (χ0v) is 16.9. The summed E-state index contributed by atoms with van der Waals surface area (Å²) in [6.07, 6.45) is 1.26. The van der Waals surface area contributed by atoms with Crippen molar-refractivity contribution >= 4 is 57.3 Å². The minimum atomic E-state index is -0.608. The van der Waals surface area contributed by atoms with E-state index in [0.717, 1.165) is 11.0 Å². The summed E-state index contributed by atoms with van der Waals surface area (Å²) in [5.74, 6) is -0.809. The van der Waals surface area contributed by atoms with Crippen molar-refractivity contribution in [1.82, 2.24) is 4.90 Å². The maximum absolute atomic E-state index is 12.7. The van der Waals surface area contributed by atoms with Gasteiger partial charge in [-0.15, -0.1) is 0 Å². The first-order valence-electron chi connectivity index (χ1n) is 7.72. The highest BCUT2D eigenvalue weighted by atomic mass is 127. The van der Waals surface area contributed by atoms with Gasteiger partial charge in [0.05, 0.1) is 31.6 Å². The molecule has 1 heterocycles. The lowest BCUT2D eigenvalue weighted by Crippen LogP contribution is -2.27. The Hall–Kier alpha value is -2.91. The van der Waals surface area contributed by atoms with E-state index in [2.05, 4.69) is 0 Å². The van der Waals surface area contributed by atoms with Crippen molar-refractivity contribution < 1.29 is 19.6 Å². The number of nitro benzene ring substituents is 1. The van der Waals surface area contributed by atoms with Gasteiger partial charge in [-0.2, -0.15) is 5.26 Å². The molecule has 28 heavy (non-hydrogen) atoms. The molecule has 0 saturated carbocycles. The molecule has 2 amide bonds. The Labute approximate surface area is 176 Å². The number of phenolic OH excluding ortho intramolecular Hbond substituents is 1. The Morgan fingerprint density at radius 1 is 1.32 bits per heavy atom. The molecule has 1 saturated heterocycles. The molecule has 1 N–H and O–H groups in total. The minimum Gasteiger partial charge on any atom is -0.506 e. The Morgan fingerprint density at radius 3 is 2.71 bits per heavy atom. The van der Waals surface area contributed by atoms with Gasteiger partial charge in [0, 0.05) is 17.7 Å². The predicted octanol–water partition coefficient (Wildman–Crippen LogP) is 4.01. The highest BCUT2D eigenvalue weighted by Gasteiger charge is 2.35. The second kappa shape index (κ2) is 7.99. The zero-order chi connectivity index (χ0) is 20.4. The fourth-order valence-electron chi connectivity index (χ4n) is 2.54. The van der Waals surface area contributed by atoms with Gasteiger partial charge in [-0.3, -0.25) is 24.6 Å². The third kappa shape index (κ3) is 3.85. The lowest BCUT2D eigenvalue weighted by Gasteiger charge is -2.13. The van der Waals surface area contributed by atoms with Crippen LogP contribution in [-0.2, 0) is 11.3 Å². The number of rotatable bonds is 4. The number of hydrogen-bond donors (Lipinski definition) is 1. The number of non-ortho nitro benzene ring substituents is 1. The standard InChI is InChI=1S/C18H10IN3O5S/c19-14-7-13(22(26)27)5-12(16(14)23)6-15-17(24)21(18(25)28-15)9-11-4-2-1-3-10(11)8-20/h1-7,23H,9H2/b15-6+. The molecular weight excluding hydrogens is 497 g/mol. The van der Waals surface area contributed by atoms with E-state index in [0.29, 0.717) is 22.9 Å².